The molecule has 0 aliphatic rings. The highest BCUT2D eigenvalue weighted by molar-refractivity contribution is 6.32. The molecule has 0 saturated carbocycles. The number of phenolic OH excluding ortho intramolecular Hbond substituents is 1. The summed E-state index contributed by atoms with van der Waals surface area (Å²) in [4.78, 5) is 13.3. The van der Waals surface area contributed by atoms with E-state index < -0.39 is 0 Å². The molecule has 0 aromatic heterocycles. The molecule has 21 heavy (non-hydrogen) atoms. The van der Waals surface area contributed by atoms with Gasteiger partial charge in [0.25, 0.3) is 5.91 Å². The van der Waals surface area contributed by atoms with Crippen molar-refractivity contribution < 1.29 is 9.90 Å². The van der Waals surface area contributed by atoms with Gasteiger partial charge in [0.15, 0.2) is 0 Å². The first kappa shape index (κ1) is 15.2. The molecule has 2 rings (SSSR count). The minimum atomic E-state index is -0.0214. The monoisotopic (exact) mass is 304 g/mol. The predicted molar refractivity (Wildman–Crippen MR) is 84.9 cm³/mol. The highest BCUT2D eigenvalue weighted by atomic mass is 35.5. The van der Waals surface area contributed by atoms with Gasteiger partial charge in [-0.3, -0.25) is 4.79 Å². The molecule has 0 unspecified atom stereocenters. The Kier molecular flexibility index (Phi) is 4.70. The van der Waals surface area contributed by atoms with Crippen molar-refractivity contribution in [2.24, 2.45) is 0 Å². The summed E-state index contributed by atoms with van der Waals surface area (Å²) in [5.41, 5.74) is 2.53. The normalized spacial score (nSPS) is 10.2. The topological polar surface area (TPSA) is 52.6 Å². The number of benzene rings is 2. The van der Waals surface area contributed by atoms with Crippen molar-refractivity contribution in [2.45, 2.75) is 6.54 Å². The molecule has 0 radical (unpaired) electrons. The number of anilines is 1. The van der Waals surface area contributed by atoms with Crippen LogP contribution in [0.2, 0.25) is 5.02 Å². The second kappa shape index (κ2) is 6.50. The van der Waals surface area contributed by atoms with Gasteiger partial charge in [-0.05, 0) is 42.0 Å². The third-order valence-electron chi connectivity index (χ3n) is 3.05. The largest absolute Gasteiger partial charge is 0.506 e. The zero-order chi connectivity index (χ0) is 15.4. The van der Waals surface area contributed by atoms with Crippen molar-refractivity contribution in [1.82, 2.24) is 4.90 Å². The third-order valence-corrected chi connectivity index (χ3v) is 3.35. The Hall–Kier alpha value is -2.20. The molecular weight excluding hydrogens is 288 g/mol. The number of nitrogens with one attached hydrogen (secondary N) is 1. The SMILES string of the molecule is CN(C)C(=O)c1ccc(NCc2ccc(O)c(Cl)c2)cc1. The molecule has 4 nitrogen and oxygen atoms in total. The molecule has 0 heterocycles. The number of nitrogens with zero attached hydrogens (tertiary/aromatic N) is 1. The summed E-state index contributed by atoms with van der Waals surface area (Å²) in [7, 11) is 3.45. The Morgan fingerprint density at radius 3 is 2.43 bits per heavy atom. The number of carbonyl (C=O) groups excluding carboxylic acids is 1. The van der Waals surface area contributed by atoms with Gasteiger partial charge < -0.3 is 15.3 Å². The van der Waals surface area contributed by atoms with E-state index in [1.54, 1.807) is 49.3 Å². The first-order valence-electron chi connectivity index (χ1n) is 6.50. The van der Waals surface area contributed by atoms with E-state index >= 15 is 0 Å². The molecule has 0 fully saturated rings. The molecule has 2 aromatic rings. The Balaban J connectivity index is 2.00. The Morgan fingerprint density at radius 1 is 1.19 bits per heavy atom. The van der Waals surface area contributed by atoms with Crippen molar-refractivity contribution in [1.29, 1.82) is 0 Å². The van der Waals surface area contributed by atoms with Gasteiger partial charge in [0.1, 0.15) is 5.75 Å². The van der Waals surface area contributed by atoms with Crippen LogP contribution >= 0.6 is 11.6 Å². The lowest BCUT2D eigenvalue weighted by Crippen LogP contribution is -2.21. The average Bonchev–Trinajstić information content (AvgIpc) is 2.48. The number of hydrogen-bond donors (Lipinski definition) is 2. The molecule has 110 valence electrons. The zero-order valence-electron chi connectivity index (χ0n) is 11.9. The molecule has 0 atom stereocenters. The molecule has 0 bridgehead atoms. The van der Waals surface area contributed by atoms with E-state index in [0.717, 1.165) is 11.3 Å². The van der Waals surface area contributed by atoms with E-state index in [1.807, 2.05) is 12.1 Å². The van der Waals surface area contributed by atoms with Crippen LogP contribution in [0.5, 0.6) is 5.75 Å². The van der Waals surface area contributed by atoms with Crippen LogP contribution in [0.15, 0.2) is 42.5 Å². The maximum Gasteiger partial charge on any atom is 0.253 e. The molecule has 0 aliphatic heterocycles. The summed E-state index contributed by atoms with van der Waals surface area (Å²) in [5.74, 6) is 0.0545. The van der Waals surface area contributed by atoms with Gasteiger partial charge in [0.05, 0.1) is 5.02 Å². The van der Waals surface area contributed by atoms with Crippen molar-refractivity contribution in [3.8, 4) is 5.75 Å². The predicted octanol–water partition coefficient (Wildman–Crippen LogP) is 3.36. The van der Waals surface area contributed by atoms with Crippen molar-refractivity contribution in [3.63, 3.8) is 0 Å². The van der Waals surface area contributed by atoms with Gasteiger partial charge >= 0.3 is 0 Å². The maximum absolute atomic E-state index is 11.8. The lowest BCUT2D eigenvalue weighted by molar-refractivity contribution is 0.0827. The van der Waals surface area contributed by atoms with Gasteiger partial charge in [-0.15, -0.1) is 0 Å². The van der Waals surface area contributed by atoms with Crippen molar-refractivity contribution in [2.75, 3.05) is 19.4 Å². The summed E-state index contributed by atoms with van der Waals surface area (Å²) in [6.45, 7) is 0.584. The van der Waals surface area contributed by atoms with Crippen LogP contribution in [-0.4, -0.2) is 30.0 Å². The quantitative estimate of drug-likeness (QED) is 0.910. The van der Waals surface area contributed by atoms with Gasteiger partial charge in [-0.1, -0.05) is 17.7 Å². The van der Waals surface area contributed by atoms with Gasteiger partial charge in [-0.25, -0.2) is 0 Å². The standard InChI is InChI=1S/C16H17ClN2O2/c1-19(2)16(21)12-4-6-13(7-5-12)18-10-11-3-8-15(20)14(17)9-11/h3-9,18,20H,10H2,1-2H3. The first-order valence-corrected chi connectivity index (χ1v) is 6.88. The molecule has 2 aromatic carbocycles. The van der Waals surface area contributed by atoms with Gasteiger partial charge in [0.2, 0.25) is 0 Å². The van der Waals surface area contributed by atoms with E-state index in [-0.39, 0.29) is 11.7 Å². The molecule has 1 amide bonds. The van der Waals surface area contributed by atoms with Crippen LogP contribution in [0, 0.1) is 0 Å². The number of phenols is 1. The zero-order valence-corrected chi connectivity index (χ0v) is 12.7. The fourth-order valence-corrected chi connectivity index (χ4v) is 2.06. The Labute approximate surface area is 129 Å². The summed E-state index contributed by atoms with van der Waals surface area (Å²) < 4.78 is 0. The smallest absolute Gasteiger partial charge is 0.253 e. The first-order chi connectivity index (χ1) is 9.97. The summed E-state index contributed by atoms with van der Waals surface area (Å²) >= 11 is 5.86. The lowest BCUT2D eigenvalue weighted by atomic mass is 10.1. The highest BCUT2D eigenvalue weighted by Crippen LogP contribution is 2.24. The number of hydrogen-bond acceptors (Lipinski definition) is 3. The van der Waals surface area contributed by atoms with E-state index in [4.69, 9.17) is 11.6 Å². The summed E-state index contributed by atoms with van der Waals surface area (Å²) in [6, 6.07) is 12.4. The molecule has 0 spiro atoms. The molecule has 0 saturated heterocycles. The molecule has 0 aliphatic carbocycles. The van der Waals surface area contributed by atoms with Crippen LogP contribution in [0.3, 0.4) is 0 Å². The number of carbonyl (C=O) groups is 1. The number of halogens is 1. The second-order valence-electron chi connectivity index (χ2n) is 4.92. The second-order valence-corrected chi connectivity index (χ2v) is 5.32. The van der Waals surface area contributed by atoms with Crippen LogP contribution < -0.4 is 5.32 Å². The minimum absolute atomic E-state index is 0.0214. The third kappa shape index (κ3) is 3.89. The summed E-state index contributed by atoms with van der Waals surface area (Å²) in [5, 5.41) is 12.9. The van der Waals surface area contributed by atoms with Crippen molar-refractivity contribution >= 4 is 23.2 Å². The Morgan fingerprint density at radius 2 is 1.86 bits per heavy atom. The van der Waals surface area contributed by atoms with Crippen LogP contribution in [0.4, 0.5) is 5.69 Å². The van der Waals surface area contributed by atoms with Crippen molar-refractivity contribution in [3.05, 3.63) is 58.6 Å². The number of aromatic hydroxyl groups is 1. The lowest BCUT2D eigenvalue weighted by Gasteiger charge is -2.11. The molecular formula is C16H17ClN2O2. The average molecular weight is 305 g/mol. The highest BCUT2D eigenvalue weighted by Gasteiger charge is 2.07. The molecule has 5 heteroatoms. The maximum atomic E-state index is 11.8. The van der Waals surface area contributed by atoms with Crippen LogP contribution in [0.1, 0.15) is 15.9 Å². The van der Waals surface area contributed by atoms with Crippen LogP contribution in [0.25, 0.3) is 0 Å². The van der Waals surface area contributed by atoms with E-state index in [9.17, 15) is 9.90 Å². The van der Waals surface area contributed by atoms with Gasteiger partial charge in [0, 0.05) is 31.9 Å². The fourth-order valence-electron chi connectivity index (χ4n) is 1.85. The van der Waals surface area contributed by atoms with E-state index in [1.165, 1.54) is 0 Å². The fraction of sp³-hybridized carbons (Fsp3) is 0.188. The number of amides is 1. The summed E-state index contributed by atoms with van der Waals surface area (Å²) in [6.07, 6.45) is 0. The van der Waals surface area contributed by atoms with E-state index in [2.05, 4.69) is 5.32 Å². The molecule has 2 N–H and O–H groups in total. The number of rotatable bonds is 4. The van der Waals surface area contributed by atoms with Crippen LogP contribution in [-0.2, 0) is 6.54 Å². The van der Waals surface area contributed by atoms with Gasteiger partial charge in [-0.2, -0.15) is 0 Å². The minimum Gasteiger partial charge on any atom is -0.506 e. The Bertz CT molecular complexity index is 639. The van der Waals surface area contributed by atoms with E-state index in [0.29, 0.717) is 17.1 Å².